The van der Waals surface area contributed by atoms with E-state index >= 15 is 0 Å². The molecule has 0 aliphatic heterocycles. The molecule has 0 spiro atoms. The van der Waals surface area contributed by atoms with Gasteiger partial charge in [-0.05, 0) is 12.1 Å². The van der Waals surface area contributed by atoms with Crippen LogP contribution in [0.25, 0.3) is 16.9 Å². The number of hydrogen-bond acceptors (Lipinski definition) is 2. The Morgan fingerprint density at radius 2 is 1.73 bits per heavy atom. The summed E-state index contributed by atoms with van der Waals surface area (Å²) in [5.41, 5.74) is 2.67. The molecule has 0 aliphatic carbocycles. The van der Waals surface area contributed by atoms with Gasteiger partial charge in [0.2, 0.25) is 0 Å². The summed E-state index contributed by atoms with van der Waals surface area (Å²) in [5, 5.41) is 21.4. The summed E-state index contributed by atoms with van der Waals surface area (Å²) in [5.74, 6) is -1.03. The second-order valence-corrected chi connectivity index (χ2v) is 4.93. The van der Waals surface area contributed by atoms with Gasteiger partial charge in [0.15, 0.2) is 11.4 Å². The minimum Gasteiger partial charge on any atom is -0.711 e. The summed E-state index contributed by atoms with van der Waals surface area (Å²) in [4.78, 5) is 11.4. The van der Waals surface area contributed by atoms with Crippen LogP contribution >= 0.6 is 0 Å². The van der Waals surface area contributed by atoms with Gasteiger partial charge in [-0.1, -0.05) is 42.5 Å². The Bertz CT molecular complexity index is 838. The highest BCUT2D eigenvalue weighted by atomic mass is 16.5. The van der Waals surface area contributed by atoms with Crippen LogP contribution in [0.1, 0.15) is 16.1 Å². The number of benzene rings is 2. The fourth-order valence-corrected chi connectivity index (χ4v) is 2.52. The molecule has 3 rings (SSSR count). The topological polar surface area (TPSA) is 69.2 Å². The van der Waals surface area contributed by atoms with Crippen molar-refractivity contribution in [3.63, 3.8) is 0 Å². The lowest BCUT2D eigenvalue weighted by Gasteiger charge is -2.05. The van der Waals surface area contributed by atoms with Gasteiger partial charge in [0, 0.05) is 12.5 Å². The zero-order chi connectivity index (χ0) is 15.7. The molecule has 5 nitrogen and oxygen atoms in total. The van der Waals surface area contributed by atoms with Gasteiger partial charge in [-0.3, -0.25) is 0 Å². The lowest BCUT2D eigenvalue weighted by molar-refractivity contribution is -0.610. The van der Waals surface area contributed by atoms with Gasteiger partial charge in [0.25, 0.3) is 6.33 Å². The van der Waals surface area contributed by atoms with E-state index in [1.807, 2.05) is 30.3 Å². The quantitative estimate of drug-likeness (QED) is 0.596. The summed E-state index contributed by atoms with van der Waals surface area (Å²) >= 11 is 0. The maximum atomic E-state index is 12.0. The lowest BCUT2D eigenvalue weighted by atomic mass is 10.1. The Kier molecular flexibility index (Phi) is 3.39. The van der Waals surface area contributed by atoms with Crippen LogP contribution in [0.5, 0.6) is 0 Å². The number of para-hydroxylation sites is 1. The second-order valence-electron chi connectivity index (χ2n) is 4.93. The molecule has 0 bridgehead atoms. The molecule has 0 saturated carbocycles. The molecule has 0 radical (unpaired) electrons. The van der Waals surface area contributed by atoms with Crippen LogP contribution in [0.4, 0.5) is 0 Å². The van der Waals surface area contributed by atoms with Gasteiger partial charge < -0.3 is 10.3 Å². The Morgan fingerprint density at radius 1 is 1.09 bits per heavy atom. The van der Waals surface area contributed by atoms with E-state index in [1.165, 1.54) is 12.4 Å². The number of imidazole rings is 1. The average molecular weight is 294 g/mol. The molecule has 0 saturated heterocycles. The molecule has 0 aliphatic rings. The average Bonchev–Trinajstić information content (AvgIpc) is 2.83. The van der Waals surface area contributed by atoms with Crippen molar-refractivity contribution < 1.29 is 14.6 Å². The molecular formula is C17H14N2O3. The number of aromatic nitrogens is 2. The summed E-state index contributed by atoms with van der Waals surface area (Å²) in [6.45, 7) is 1.72. The van der Waals surface area contributed by atoms with Gasteiger partial charge >= 0.3 is 5.97 Å². The van der Waals surface area contributed by atoms with E-state index in [2.05, 4.69) is 0 Å². The number of carbonyl (C=O) groups is 1. The minimum absolute atomic E-state index is 0.148. The van der Waals surface area contributed by atoms with Gasteiger partial charge in [-0.25, -0.2) is 9.52 Å². The Morgan fingerprint density at radius 3 is 2.41 bits per heavy atom. The first kappa shape index (κ1) is 13.9. The van der Waals surface area contributed by atoms with Crippen LogP contribution < -0.4 is 4.73 Å². The molecule has 0 unspecified atom stereocenters. The van der Waals surface area contributed by atoms with Crippen molar-refractivity contribution in [3.05, 3.63) is 77.4 Å². The molecule has 1 aromatic heterocycles. The highest BCUT2D eigenvalue weighted by molar-refractivity contribution is 5.92. The fraction of sp³-hybridized carbons (Fsp3) is 0.0588. The van der Waals surface area contributed by atoms with E-state index in [1.54, 1.807) is 29.7 Å². The molecule has 0 atom stereocenters. The molecular weight excluding hydrogens is 280 g/mol. The number of aromatic carboxylic acids is 1. The number of carboxylic acid groups (broad SMARTS) is 1. The first-order valence-corrected chi connectivity index (χ1v) is 6.79. The van der Waals surface area contributed by atoms with Crippen LogP contribution in [0.15, 0.2) is 60.9 Å². The lowest BCUT2D eigenvalue weighted by Crippen LogP contribution is -2.26. The van der Waals surface area contributed by atoms with E-state index in [-0.39, 0.29) is 5.56 Å². The summed E-state index contributed by atoms with van der Waals surface area (Å²) in [7, 11) is 0. The van der Waals surface area contributed by atoms with Crippen molar-refractivity contribution >= 4 is 5.97 Å². The largest absolute Gasteiger partial charge is 0.711 e. The summed E-state index contributed by atoms with van der Waals surface area (Å²) < 4.78 is 2.38. The third-order valence-corrected chi connectivity index (χ3v) is 3.58. The van der Waals surface area contributed by atoms with Gasteiger partial charge in [-0.2, -0.15) is 4.57 Å². The van der Waals surface area contributed by atoms with Crippen LogP contribution in [-0.2, 0) is 0 Å². The van der Waals surface area contributed by atoms with Crippen LogP contribution in [0, 0.1) is 12.1 Å². The van der Waals surface area contributed by atoms with Crippen LogP contribution in [-0.4, -0.2) is 15.6 Å². The molecule has 1 N–H and O–H groups in total. The molecule has 1 heterocycles. The summed E-state index contributed by atoms with van der Waals surface area (Å²) in [6, 6.07) is 16.1. The molecule has 0 fully saturated rings. The van der Waals surface area contributed by atoms with Gasteiger partial charge in [0.05, 0.1) is 0 Å². The van der Waals surface area contributed by atoms with Crippen molar-refractivity contribution in [2.24, 2.45) is 0 Å². The van der Waals surface area contributed by atoms with Gasteiger partial charge in [-0.15, -0.1) is 0 Å². The zero-order valence-electron chi connectivity index (χ0n) is 11.9. The number of nitrogens with zero attached hydrogens (tertiary/aromatic N) is 2. The highest BCUT2D eigenvalue weighted by Gasteiger charge is 2.23. The highest BCUT2D eigenvalue weighted by Crippen LogP contribution is 2.26. The SMILES string of the molecule is Cc1c(-c2ccccc2)n(-c2ccccc2C(=O)O)c[n+]1[O-]. The maximum Gasteiger partial charge on any atom is 0.340 e. The Hall–Kier alpha value is -3.08. The number of rotatable bonds is 3. The van der Waals surface area contributed by atoms with Crippen LogP contribution in [0.3, 0.4) is 0 Å². The maximum absolute atomic E-state index is 12.0. The molecule has 110 valence electrons. The molecule has 5 heteroatoms. The van der Waals surface area contributed by atoms with Crippen molar-refractivity contribution in [2.45, 2.75) is 6.92 Å². The van der Waals surface area contributed by atoms with Crippen molar-refractivity contribution in [2.75, 3.05) is 0 Å². The predicted octanol–water partition coefficient (Wildman–Crippen LogP) is 2.78. The first-order valence-electron chi connectivity index (χ1n) is 6.79. The monoisotopic (exact) mass is 294 g/mol. The van der Waals surface area contributed by atoms with Crippen molar-refractivity contribution in [1.82, 2.24) is 4.57 Å². The second kappa shape index (κ2) is 5.37. The molecule has 0 amide bonds. The van der Waals surface area contributed by atoms with E-state index in [0.29, 0.717) is 17.1 Å². The molecule has 2 aromatic carbocycles. The standard InChI is InChI=1S/C17H14N2O3/c1-12-16(13-7-3-2-4-8-13)18(11-19(12)22)15-10-6-5-9-14(15)17(20)21/h2-11H,1H3,(H,20,21). The Balaban J connectivity index is 2.30. The number of carboxylic acids is 1. The van der Waals surface area contributed by atoms with E-state index in [9.17, 15) is 15.1 Å². The molecule has 3 aromatic rings. The van der Waals surface area contributed by atoms with Crippen LogP contribution in [0.2, 0.25) is 0 Å². The van der Waals surface area contributed by atoms with Gasteiger partial charge in [0.1, 0.15) is 11.3 Å². The number of hydrogen-bond donors (Lipinski definition) is 1. The Labute approximate surface area is 127 Å². The predicted molar refractivity (Wildman–Crippen MR) is 81.9 cm³/mol. The minimum atomic E-state index is -1.03. The van der Waals surface area contributed by atoms with E-state index < -0.39 is 5.97 Å². The normalized spacial score (nSPS) is 10.6. The van der Waals surface area contributed by atoms with E-state index in [4.69, 9.17) is 0 Å². The summed E-state index contributed by atoms with van der Waals surface area (Å²) in [6.07, 6.45) is 1.36. The third-order valence-electron chi connectivity index (χ3n) is 3.58. The van der Waals surface area contributed by atoms with Crippen molar-refractivity contribution in [3.8, 4) is 16.9 Å². The smallest absolute Gasteiger partial charge is 0.340 e. The van der Waals surface area contributed by atoms with E-state index in [0.717, 1.165) is 10.3 Å². The fourth-order valence-electron chi connectivity index (χ4n) is 2.52. The first-order chi connectivity index (χ1) is 10.6. The zero-order valence-corrected chi connectivity index (χ0v) is 11.9. The van der Waals surface area contributed by atoms with Crippen molar-refractivity contribution in [1.29, 1.82) is 0 Å². The third kappa shape index (κ3) is 2.22. The molecule has 22 heavy (non-hydrogen) atoms.